The molecule has 0 saturated carbocycles. The summed E-state index contributed by atoms with van der Waals surface area (Å²) in [5.41, 5.74) is 9.55. The fraction of sp³-hybridized carbons (Fsp3) is 0. The fourth-order valence-corrected chi connectivity index (χ4v) is 9.33. The molecule has 0 radical (unpaired) electrons. The number of aromatic nitrogens is 5. The van der Waals surface area contributed by atoms with Crippen molar-refractivity contribution in [3.63, 3.8) is 0 Å². The smallest absolute Gasteiger partial charge is 0.167 e. The van der Waals surface area contributed by atoms with Gasteiger partial charge in [0.1, 0.15) is 11.2 Å². The standard InChI is InChI=1S/C57H35N5O/c1-3-17-36(18-4-1)41-27-16-32-52-53(41)46-34-40(62-50-30-13-9-25-44(50)45-26-10-14-31-51(45)62)35-47(54(46)63-52)57-59-55(37-19-5-2-6-20-37)58-56(60-57)38-21-15-22-39(33-38)61-48-28-11-7-23-42(48)43-24-8-12-29-49(43)61/h1-35H/i1D,3D,4D,17D,18D. The summed E-state index contributed by atoms with van der Waals surface area (Å²) in [6, 6.07) is 59.2. The Bertz CT molecular complexity index is 4100. The second-order valence-corrected chi connectivity index (χ2v) is 15.6. The van der Waals surface area contributed by atoms with E-state index in [4.69, 9.17) is 26.2 Å². The summed E-state index contributed by atoms with van der Waals surface area (Å²) in [4.78, 5) is 15.7. The lowest BCUT2D eigenvalue weighted by Gasteiger charge is -2.13. The predicted octanol–water partition coefficient (Wildman–Crippen LogP) is 14.6. The Balaban J connectivity index is 1.12. The highest BCUT2D eigenvalue weighted by Gasteiger charge is 2.23. The zero-order valence-electron chi connectivity index (χ0n) is 38.5. The van der Waals surface area contributed by atoms with Gasteiger partial charge in [-0.25, -0.2) is 15.0 Å². The molecule has 0 amide bonds. The Morgan fingerprint density at radius 3 is 1.54 bits per heavy atom. The molecule has 13 rings (SSSR count). The number of hydrogen-bond donors (Lipinski definition) is 0. The minimum atomic E-state index is -0.454. The summed E-state index contributed by atoms with van der Waals surface area (Å²) >= 11 is 0. The van der Waals surface area contributed by atoms with Gasteiger partial charge >= 0.3 is 0 Å². The maximum Gasteiger partial charge on any atom is 0.167 e. The highest BCUT2D eigenvalue weighted by atomic mass is 16.3. The molecular formula is C57H35N5O. The summed E-state index contributed by atoms with van der Waals surface area (Å²) < 4.78 is 55.0. The van der Waals surface area contributed by atoms with E-state index >= 15 is 0 Å². The van der Waals surface area contributed by atoms with Crippen LogP contribution in [0.3, 0.4) is 0 Å². The maximum atomic E-state index is 9.04. The predicted molar refractivity (Wildman–Crippen MR) is 258 cm³/mol. The molecule has 0 N–H and O–H groups in total. The van der Waals surface area contributed by atoms with Crippen molar-refractivity contribution in [3.05, 3.63) is 212 Å². The Kier molecular flexibility index (Phi) is 6.75. The molecular weight excluding hydrogens is 771 g/mol. The van der Waals surface area contributed by atoms with Crippen molar-refractivity contribution in [1.82, 2.24) is 24.1 Å². The van der Waals surface area contributed by atoms with Gasteiger partial charge in [0.05, 0.1) is 34.5 Å². The first kappa shape index (κ1) is 30.4. The molecule has 0 bridgehead atoms. The Hall–Kier alpha value is -8.61. The molecule has 0 saturated heterocycles. The van der Waals surface area contributed by atoms with Crippen LogP contribution in [0.5, 0.6) is 0 Å². The van der Waals surface area contributed by atoms with Crippen LogP contribution in [0.2, 0.25) is 0 Å². The van der Waals surface area contributed by atoms with Crippen molar-refractivity contribution in [2.24, 2.45) is 0 Å². The first-order chi connectivity index (χ1) is 33.3. The second kappa shape index (κ2) is 14.0. The molecule has 0 unspecified atom stereocenters. The largest absolute Gasteiger partial charge is 0.455 e. The van der Waals surface area contributed by atoms with Crippen LogP contribution in [0.25, 0.3) is 122 Å². The molecule has 6 heteroatoms. The zero-order valence-corrected chi connectivity index (χ0v) is 33.5. The van der Waals surface area contributed by atoms with Gasteiger partial charge in [-0.1, -0.05) is 158 Å². The number of fused-ring (bicyclic) bond motifs is 9. The van der Waals surface area contributed by atoms with Gasteiger partial charge in [-0.2, -0.15) is 0 Å². The molecule has 13 aromatic rings. The molecule has 0 fully saturated rings. The van der Waals surface area contributed by atoms with E-state index in [9.17, 15) is 0 Å². The van der Waals surface area contributed by atoms with Crippen LogP contribution in [0, 0.1) is 0 Å². The van der Waals surface area contributed by atoms with Crippen molar-refractivity contribution >= 4 is 65.6 Å². The van der Waals surface area contributed by atoms with Crippen molar-refractivity contribution in [2.45, 2.75) is 0 Å². The van der Waals surface area contributed by atoms with E-state index in [-0.39, 0.29) is 17.6 Å². The van der Waals surface area contributed by atoms with Crippen LogP contribution in [0.15, 0.2) is 217 Å². The summed E-state index contributed by atoms with van der Waals surface area (Å²) in [5, 5.41) is 5.75. The Morgan fingerprint density at radius 1 is 0.381 bits per heavy atom. The average Bonchev–Trinajstić information content (AvgIpc) is 4.06. The van der Waals surface area contributed by atoms with Gasteiger partial charge in [0.25, 0.3) is 0 Å². The molecule has 0 aliphatic rings. The summed E-state index contributed by atoms with van der Waals surface area (Å²) in [7, 11) is 0. The van der Waals surface area contributed by atoms with E-state index in [1.165, 1.54) is 0 Å². The first-order valence-corrected chi connectivity index (χ1v) is 20.8. The van der Waals surface area contributed by atoms with E-state index in [1.807, 2.05) is 72.8 Å². The Labute approximate surface area is 368 Å². The number of nitrogens with zero attached hydrogens (tertiary/aromatic N) is 5. The number of furan rings is 1. The van der Waals surface area contributed by atoms with Crippen LogP contribution in [-0.4, -0.2) is 24.1 Å². The van der Waals surface area contributed by atoms with Gasteiger partial charge < -0.3 is 13.6 Å². The SMILES string of the molecule is [2H]c1c([2H])c([2H])c(-c2cccc3oc4c(-c5nc(-c6ccccc6)nc(-c6cccc(-n7c8ccccc8c8ccccc87)c6)n5)cc(-n5c6ccccc6c6ccccc65)cc4c23)c([2H])c1[2H]. The third kappa shape index (κ3) is 5.55. The zero-order chi connectivity index (χ0) is 45.8. The number of rotatable bonds is 6. The van der Waals surface area contributed by atoms with Gasteiger partial charge in [-0.05, 0) is 65.7 Å². The first-order valence-electron chi connectivity index (χ1n) is 23.3. The summed E-state index contributed by atoms with van der Waals surface area (Å²) in [5.74, 6) is 1.30. The molecule has 0 aliphatic heterocycles. The minimum absolute atomic E-state index is 0.0880. The molecule has 0 atom stereocenters. The molecule has 0 aliphatic carbocycles. The van der Waals surface area contributed by atoms with Crippen LogP contribution in [0.1, 0.15) is 6.85 Å². The topological polar surface area (TPSA) is 61.7 Å². The van der Waals surface area contributed by atoms with Crippen LogP contribution in [-0.2, 0) is 0 Å². The van der Waals surface area contributed by atoms with Gasteiger partial charge in [0.15, 0.2) is 17.5 Å². The number of para-hydroxylation sites is 4. The summed E-state index contributed by atoms with van der Waals surface area (Å²) in [6.07, 6.45) is 0. The molecule has 294 valence electrons. The number of benzene rings is 9. The molecule has 9 aromatic carbocycles. The van der Waals surface area contributed by atoms with E-state index < -0.39 is 18.1 Å². The van der Waals surface area contributed by atoms with Crippen molar-refractivity contribution < 1.29 is 11.3 Å². The molecule has 0 spiro atoms. The van der Waals surface area contributed by atoms with Crippen molar-refractivity contribution in [1.29, 1.82) is 0 Å². The molecule has 63 heavy (non-hydrogen) atoms. The monoisotopic (exact) mass is 810 g/mol. The lowest BCUT2D eigenvalue weighted by Crippen LogP contribution is -2.02. The third-order valence-corrected chi connectivity index (χ3v) is 12.0. The highest BCUT2D eigenvalue weighted by molar-refractivity contribution is 6.17. The van der Waals surface area contributed by atoms with E-state index in [1.54, 1.807) is 12.1 Å². The molecule has 4 aromatic heterocycles. The average molecular weight is 811 g/mol. The quantitative estimate of drug-likeness (QED) is 0.168. The van der Waals surface area contributed by atoms with Crippen molar-refractivity contribution in [3.8, 4) is 56.7 Å². The van der Waals surface area contributed by atoms with E-state index in [0.717, 1.165) is 66.1 Å². The maximum absolute atomic E-state index is 9.04. The van der Waals surface area contributed by atoms with Crippen LogP contribution < -0.4 is 0 Å². The normalized spacial score (nSPS) is 12.9. The number of hydrogen-bond acceptors (Lipinski definition) is 4. The second-order valence-electron chi connectivity index (χ2n) is 15.6. The molecule has 4 heterocycles. The third-order valence-electron chi connectivity index (χ3n) is 12.0. The highest BCUT2D eigenvalue weighted by Crippen LogP contribution is 2.43. The van der Waals surface area contributed by atoms with E-state index in [2.05, 4.69) is 106 Å². The van der Waals surface area contributed by atoms with E-state index in [0.29, 0.717) is 50.5 Å². The van der Waals surface area contributed by atoms with Crippen LogP contribution >= 0.6 is 0 Å². The summed E-state index contributed by atoms with van der Waals surface area (Å²) in [6.45, 7) is 0. The fourth-order valence-electron chi connectivity index (χ4n) is 9.33. The van der Waals surface area contributed by atoms with Gasteiger partial charge in [0, 0.05) is 54.8 Å². The van der Waals surface area contributed by atoms with Gasteiger partial charge in [-0.3, -0.25) is 0 Å². The van der Waals surface area contributed by atoms with Crippen molar-refractivity contribution in [2.75, 3.05) is 0 Å². The minimum Gasteiger partial charge on any atom is -0.455 e. The lowest BCUT2D eigenvalue weighted by atomic mass is 9.98. The lowest BCUT2D eigenvalue weighted by molar-refractivity contribution is 0.669. The van der Waals surface area contributed by atoms with Crippen LogP contribution in [0.4, 0.5) is 0 Å². The molecule has 6 nitrogen and oxygen atoms in total. The Morgan fingerprint density at radius 2 is 0.905 bits per heavy atom. The van der Waals surface area contributed by atoms with Gasteiger partial charge in [-0.15, -0.1) is 0 Å². The van der Waals surface area contributed by atoms with Gasteiger partial charge in [0.2, 0.25) is 0 Å².